The van der Waals surface area contributed by atoms with Crippen molar-refractivity contribution in [3.05, 3.63) is 27.1 Å². The predicted molar refractivity (Wildman–Crippen MR) is 86.3 cm³/mol. The maximum Gasteiger partial charge on any atom is 0.326 e. The molecule has 0 unspecified atom stereocenters. The molecule has 1 aliphatic rings. The Morgan fingerprint density at radius 3 is 3.05 bits per heavy atom. The monoisotopic (exact) mass is 320 g/mol. The third-order valence-electron chi connectivity index (χ3n) is 3.95. The summed E-state index contributed by atoms with van der Waals surface area (Å²) in [6, 6.07) is 0. The van der Waals surface area contributed by atoms with Crippen molar-refractivity contribution in [2.75, 3.05) is 6.61 Å². The third-order valence-corrected chi connectivity index (χ3v) is 5.15. The van der Waals surface area contributed by atoms with E-state index in [1.165, 1.54) is 15.8 Å². The lowest BCUT2D eigenvalue weighted by Crippen LogP contribution is -2.26. The van der Waals surface area contributed by atoms with E-state index >= 15 is 0 Å². The van der Waals surface area contributed by atoms with Crippen LogP contribution in [0.5, 0.6) is 0 Å². The van der Waals surface area contributed by atoms with Crippen molar-refractivity contribution in [1.29, 1.82) is 0 Å². The summed E-state index contributed by atoms with van der Waals surface area (Å²) in [5.74, 6) is 0.109. The lowest BCUT2D eigenvalue weighted by atomic mass is 10.1. The van der Waals surface area contributed by atoms with Crippen molar-refractivity contribution in [2.24, 2.45) is 5.92 Å². The summed E-state index contributed by atoms with van der Waals surface area (Å²) in [5, 5.41) is 0.704. The highest BCUT2D eigenvalue weighted by Crippen LogP contribution is 2.34. The van der Waals surface area contributed by atoms with Gasteiger partial charge in [-0.25, -0.2) is 4.98 Å². The molecule has 118 valence electrons. The molecule has 2 aromatic heterocycles. The van der Waals surface area contributed by atoms with E-state index in [-0.39, 0.29) is 18.1 Å². The second-order valence-electron chi connectivity index (χ2n) is 6.12. The fourth-order valence-electron chi connectivity index (χ4n) is 2.73. The predicted octanol–water partition coefficient (Wildman–Crippen LogP) is 2.54. The first kappa shape index (κ1) is 15.2. The Labute approximate surface area is 132 Å². The van der Waals surface area contributed by atoms with E-state index in [9.17, 15) is 9.59 Å². The van der Waals surface area contributed by atoms with E-state index in [0.717, 1.165) is 36.1 Å². The number of rotatable bonds is 5. The minimum absolute atomic E-state index is 0.0650. The van der Waals surface area contributed by atoms with Crippen molar-refractivity contribution in [3.63, 3.8) is 0 Å². The number of hydrogen-bond acceptors (Lipinski definition) is 5. The molecule has 0 bridgehead atoms. The SMILES string of the molecule is CC(C)CCOC(=O)Cn1cnc2sc3c(c2c1=O)CCC3. The van der Waals surface area contributed by atoms with Gasteiger partial charge in [0.25, 0.3) is 5.56 Å². The smallest absolute Gasteiger partial charge is 0.326 e. The summed E-state index contributed by atoms with van der Waals surface area (Å²) in [6.45, 7) is 4.49. The first-order chi connectivity index (χ1) is 10.6. The first-order valence-corrected chi connectivity index (χ1v) is 8.53. The van der Waals surface area contributed by atoms with Crippen LogP contribution in [0.4, 0.5) is 0 Å². The number of ether oxygens (including phenoxy) is 1. The molecular formula is C16H20N2O3S. The molecule has 0 aromatic carbocycles. The maximum atomic E-state index is 12.6. The van der Waals surface area contributed by atoms with E-state index in [1.54, 1.807) is 11.3 Å². The van der Waals surface area contributed by atoms with Crippen molar-refractivity contribution in [3.8, 4) is 0 Å². The molecule has 22 heavy (non-hydrogen) atoms. The molecule has 2 heterocycles. The number of fused-ring (bicyclic) bond motifs is 3. The quantitative estimate of drug-likeness (QED) is 0.794. The van der Waals surface area contributed by atoms with Gasteiger partial charge in [0.15, 0.2) is 0 Å². The van der Waals surface area contributed by atoms with Gasteiger partial charge in [0.2, 0.25) is 0 Å². The minimum Gasteiger partial charge on any atom is -0.464 e. The highest BCUT2D eigenvalue weighted by Gasteiger charge is 2.21. The van der Waals surface area contributed by atoms with Gasteiger partial charge in [-0.2, -0.15) is 0 Å². The molecule has 6 heteroatoms. The summed E-state index contributed by atoms with van der Waals surface area (Å²) in [7, 11) is 0. The summed E-state index contributed by atoms with van der Waals surface area (Å²) < 4.78 is 6.54. The molecule has 3 rings (SSSR count). The number of nitrogens with zero attached hydrogens (tertiary/aromatic N) is 2. The lowest BCUT2D eigenvalue weighted by Gasteiger charge is -2.08. The van der Waals surface area contributed by atoms with Crippen molar-refractivity contribution < 1.29 is 9.53 Å². The van der Waals surface area contributed by atoms with Crippen molar-refractivity contribution in [2.45, 2.75) is 46.1 Å². The van der Waals surface area contributed by atoms with E-state index in [2.05, 4.69) is 18.8 Å². The lowest BCUT2D eigenvalue weighted by molar-refractivity contribution is -0.144. The Bertz CT molecular complexity index is 761. The van der Waals surface area contributed by atoms with Crippen LogP contribution in [0.3, 0.4) is 0 Å². The van der Waals surface area contributed by atoms with Gasteiger partial charge in [0.05, 0.1) is 18.3 Å². The van der Waals surface area contributed by atoms with Gasteiger partial charge in [-0.15, -0.1) is 11.3 Å². The molecule has 0 atom stereocenters. The number of carbonyl (C=O) groups excluding carboxylic acids is 1. The van der Waals surface area contributed by atoms with Crippen LogP contribution in [0.25, 0.3) is 10.2 Å². The van der Waals surface area contributed by atoms with Gasteiger partial charge >= 0.3 is 5.97 Å². The van der Waals surface area contributed by atoms with Crippen LogP contribution in [0, 0.1) is 5.92 Å². The van der Waals surface area contributed by atoms with Crippen LogP contribution >= 0.6 is 11.3 Å². The second-order valence-corrected chi connectivity index (χ2v) is 7.20. The second kappa shape index (κ2) is 6.20. The molecule has 0 fully saturated rings. The van der Waals surface area contributed by atoms with Gasteiger partial charge < -0.3 is 4.74 Å². The zero-order valence-electron chi connectivity index (χ0n) is 12.9. The fraction of sp³-hybridized carbons (Fsp3) is 0.562. The van der Waals surface area contributed by atoms with Crippen LogP contribution in [-0.2, 0) is 28.9 Å². The molecule has 1 aliphatic carbocycles. The van der Waals surface area contributed by atoms with Crippen LogP contribution in [0.15, 0.2) is 11.1 Å². The van der Waals surface area contributed by atoms with Gasteiger partial charge in [-0.05, 0) is 37.2 Å². The van der Waals surface area contributed by atoms with E-state index in [1.807, 2.05) is 0 Å². The Balaban J connectivity index is 1.78. The number of aromatic nitrogens is 2. The zero-order valence-corrected chi connectivity index (χ0v) is 13.7. The summed E-state index contributed by atoms with van der Waals surface area (Å²) in [5.41, 5.74) is 1.02. The van der Waals surface area contributed by atoms with Crippen LogP contribution < -0.4 is 5.56 Å². The first-order valence-electron chi connectivity index (χ1n) is 7.71. The molecule has 5 nitrogen and oxygen atoms in total. The van der Waals surface area contributed by atoms with Gasteiger partial charge in [-0.3, -0.25) is 14.2 Å². The van der Waals surface area contributed by atoms with Crippen LogP contribution in [0.2, 0.25) is 0 Å². The van der Waals surface area contributed by atoms with Gasteiger partial charge in [0.1, 0.15) is 11.4 Å². The molecule has 0 aliphatic heterocycles. The number of aryl methyl sites for hydroxylation is 2. The molecule has 0 saturated carbocycles. The van der Waals surface area contributed by atoms with Crippen molar-refractivity contribution >= 4 is 27.5 Å². The highest BCUT2D eigenvalue weighted by molar-refractivity contribution is 7.18. The minimum atomic E-state index is -0.379. The molecule has 0 N–H and O–H groups in total. The molecule has 0 saturated heterocycles. The largest absolute Gasteiger partial charge is 0.464 e. The van der Waals surface area contributed by atoms with Crippen LogP contribution in [0.1, 0.15) is 37.1 Å². The van der Waals surface area contributed by atoms with E-state index < -0.39 is 0 Å². The third kappa shape index (κ3) is 2.92. The topological polar surface area (TPSA) is 61.2 Å². The molecule has 0 radical (unpaired) electrons. The van der Waals surface area contributed by atoms with Crippen molar-refractivity contribution in [1.82, 2.24) is 9.55 Å². The number of carbonyl (C=O) groups is 1. The van der Waals surface area contributed by atoms with Gasteiger partial charge in [0, 0.05) is 4.88 Å². The number of esters is 1. The Morgan fingerprint density at radius 2 is 2.27 bits per heavy atom. The number of thiophene rings is 1. The summed E-state index contributed by atoms with van der Waals surface area (Å²) >= 11 is 1.60. The van der Waals surface area contributed by atoms with Gasteiger partial charge in [-0.1, -0.05) is 13.8 Å². The normalized spacial score (nSPS) is 13.8. The summed E-state index contributed by atoms with van der Waals surface area (Å²) in [4.78, 5) is 30.8. The fourth-order valence-corrected chi connectivity index (χ4v) is 3.94. The van der Waals surface area contributed by atoms with E-state index in [4.69, 9.17) is 4.74 Å². The Kier molecular flexibility index (Phi) is 4.29. The maximum absolute atomic E-state index is 12.6. The van der Waals surface area contributed by atoms with Crippen LogP contribution in [-0.4, -0.2) is 22.1 Å². The average molecular weight is 320 g/mol. The standard InChI is InChI=1S/C16H20N2O3S/c1-10(2)6-7-21-13(19)8-18-9-17-15-14(16(18)20)11-4-3-5-12(11)22-15/h9-10H,3-8H2,1-2H3. The summed E-state index contributed by atoms with van der Waals surface area (Å²) in [6.07, 6.45) is 5.36. The Morgan fingerprint density at radius 1 is 1.45 bits per heavy atom. The number of hydrogen-bond donors (Lipinski definition) is 0. The molecule has 2 aromatic rings. The Hall–Kier alpha value is -1.69. The molecule has 0 amide bonds. The molecule has 0 spiro atoms. The highest BCUT2D eigenvalue weighted by atomic mass is 32.1. The van der Waals surface area contributed by atoms with E-state index in [0.29, 0.717) is 17.9 Å². The molecular weight excluding hydrogens is 300 g/mol. The zero-order chi connectivity index (χ0) is 15.7. The average Bonchev–Trinajstić information content (AvgIpc) is 3.01.